The number of ether oxygens (including phenoxy) is 1. The van der Waals surface area contributed by atoms with Crippen molar-refractivity contribution in [3.05, 3.63) is 35.7 Å². The number of benzene rings is 1. The fourth-order valence-corrected chi connectivity index (χ4v) is 4.34. The normalized spacial score (nSPS) is 20.0. The van der Waals surface area contributed by atoms with E-state index in [1.54, 1.807) is 6.92 Å². The predicted molar refractivity (Wildman–Crippen MR) is 105 cm³/mol. The zero-order valence-corrected chi connectivity index (χ0v) is 16.4. The van der Waals surface area contributed by atoms with E-state index >= 15 is 0 Å². The third-order valence-corrected chi connectivity index (χ3v) is 5.96. The number of aryl methyl sites for hydroxylation is 1. The molecule has 0 atom stereocenters. The maximum absolute atomic E-state index is 13.1. The summed E-state index contributed by atoms with van der Waals surface area (Å²) in [5, 5.41) is 11.2. The quantitative estimate of drug-likeness (QED) is 0.854. The molecule has 0 unspecified atom stereocenters. The molecule has 4 rings (SSSR count). The minimum absolute atomic E-state index is 0.00957. The molecule has 1 N–H and O–H groups in total. The topological polar surface area (TPSA) is 80.5 Å². The van der Waals surface area contributed by atoms with Crippen molar-refractivity contribution >= 4 is 5.91 Å². The monoisotopic (exact) mass is 384 g/mol. The first-order valence-electron chi connectivity index (χ1n) is 10.2. The molecule has 150 valence electrons. The van der Waals surface area contributed by atoms with Gasteiger partial charge in [0.05, 0.1) is 11.1 Å². The fraction of sp³-hybridized carbons (Fsp3) is 0.571. The van der Waals surface area contributed by atoms with Gasteiger partial charge in [-0.25, -0.2) is 0 Å². The van der Waals surface area contributed by atoms with Gasteiger partial charge >= 0.3 is 0 Å². The summed E-state index contributed by atoms with van der Waals surface area (Å²) in [4.78, 5) is 15.6. The highest BCUT2D eigenvalue weighted by atomic mass is 16.5. The number of piperidine rings is 1. The van der Waals surface area contributed by atoms with Crippen LogP contribution >= 0.6 is 0 Å². The molecular weight excluding hydrogens is 356 g/mol. The molecular formula is C21H28N4O3. The summed E-state index contributed by atoms with van der Waals surface area (Å²) < 4.78 is 11.2. The lowest BCUT2D eigenvalue weighted by atomic mass is 9.86. The lowest BCUT2D eigenvalue weighted by Gasteiger charge is -2.48. The maximum atomic E-state index is 13.1. The number of hydrogen-bond donors (Lipinski definition) is 1. The van der Waals surface area contributed by atoms with E-state index < -0.39 is 0 Å². The van der Waals surface area contributed by atoms with E-state index in [4.69, 9.17) is 9.15 Å². The SMILES string of the molecule is Cc1nnc(-c2ccccc2C(=O)NCC2(N3CCCCC3)CCOCC2)o1. The average molecular weight is 384 g/mol. The van der Waals surface area contributed by atoms with Gasteiger partial charge in [-0.2, -0.15) is 0 Å². The molecule has 0 spiro atoms. The van der Waals surface area contributed by atoms with E-state index in [-0.39, 0.29) is 11.4 Å². The number of likely N-dealkylation sites (tertiary alicyclic amines) is 1. The highest BCUT2D eigenvalue weighted by Gasteiger charge is 2.39. The second-order valence-electron chi connectivity index (χ2n) is 7.74. The molecule has 7 heteroatoms. The lowest BCUT2D eigenvalue weighted by molar-refractivity contribution is -0.0349. The van der Waals surface area contributed by atoms with Gasteiger partial charge in [-0.15, -0.1) is 10.2 Å². The number of rotatable bonds is 5. The molecule has 28 heavy (non-hydrogen) atoms. The minimum Gasteiger partial charge on any atom is -0.421 e. The van der Waals surface area contributed by atoms with Crippen molar-refractivity contribution in [1.82, 2.24) is 20.4 Å². The number of carbonyl (C=O) groups is 1. The molecule has 1 amide bonds. The Balaban J connectivity index is 1.51. The lowest BCUT2D eigenvalue weighted by Crippen LogP contribution is -2.59. The molecule has 0 bridgehead atoms. The van der Waals surface area contributed by atoms with Crippen LogP contribution in [-0.4, -0.2) is 59.4 Å². The first-order chi connectivity index (χ1) is 13.7. The zero-order valence-electron chi connectivity index (χ0n) is 16.4. The Labute approximate surface area is 165 Å². The van der Waals surface area contributed by atoms with E-state index in [9.17, 15) is 4.79 Å². The molecule has 0 saturated carbocycles. The smallest absolute Gasteiger partial charge is 0.252 e. The number of aromatic nitrogens is 2. The largest absolute Gasteiger partial charge is 0.421 e. The predicted octanol–water partition coefficient (Wildman–Crippen LogP) is 2.81. The summed E-state index contributed by atoms with van der Waals surface area (Å²) in [6, 6.07) is 7.38. The van der Waals surface area contributed by atoms with Crippen LogP contribution in [0.15, 0.2) is 28.7 Å². The van der Waals surface area contributed by atoms with Crippen molar-refractivity contribution in [2.75, 3.05) is 32.8 Å². The Morgan fingerprint density at radius 1 is 1.14 bits per heavy atom. The second kappa shape index (κ2) is 8.41. The van der Waals surface area contributed by atoms with E-state index in [2.05, 4.69) is 20.4 Å². The summed E-state index contributed by atoms with van der Waals surface area (Å²) in [6.07, 6.45) is 5.67. The average Bonchev–Trinajstić information content (AvgIpc) is 3.19. The van der Waals surface area contributed by atoms with Gasteiger partial charge in [-0.05, 0) is 50.9 Å². The third kappa shape index (κ3) is 3.95. The zero-order chi connectivity index (χ0) is 19.4. The van der Waals surface area contributed by atoms with Crippen LogP contribution < -0.4 is 5.32 Å². The summed E-state index contributed by atoms with van der Waals surface area (Å²) in [7, 11) is 0. The van der Waals surface area contributed by atoms with Gasteiger partial charge in [0.1, 0.15) is 0 Å². The van der Waals surface area contributed by atoms with Gasteiger partial charge in [0.25, 0.3) is 5.91 Å². The number of amides is 1. The van der Waals surface area contributed by atoms with Gasteiger partial charge in [-0.3, -0.25) is 9.69 Å². The molecule has 1 aromatic carbocycles. The van der Waals surface area contributed by atoms with Crippen LogP contribution in [0.3, 0.4) is 0 Å². The Bertz CT molecular complexity index is 807. The van der Waals surface area contributed by atoms with Crippen LogP contribution in [0.1, 0.15) is 48.4 Å². The van der Waals surface area contributed by atoms with Crippen LogP contribution in [0.4, 0.5) is 0 Å². The van der Waals surface area contributed by atoms with Gasteiger partial charge in [0.15, 0.2) is 0 Å². The van der Waals surface area contributed by atoms with Crippen LogP contribution in [0.5, 0.6) is 0 Å². The molecule has 3 heterocycles. The summed E-state index contributed by atoms with van der Waals surface area (Å²) >= 11 is 0. The summed E-state index contributed by atoms with van der Waals surface area (Å²) in [5.74, 6) is 0.755. The minimum atomic E-state index is -0.102. The van der Waals surface area contributed by atoms with Crippen molar-refractivity contribution in [2.45, 2.75) is 44.6 Å². The molecule has 0 aliphatic carbocycles. The number of nitrogens with one attached hydrogen (secondary N) is 1. The van der Waals surface area contributed by atoms with Crippen LogP contribution in [-0.2, 0) is 4.74 Å². The first-order valence-corrected chi connectivity index (χ1v) is 10.2. The highest BCUT2D eigenvalue weighted by Crippen LogP contribution is 2.30. The van der Waals surface area contributed by atoms with Gasteiger partial charge in [0.2, 0.25) is 11.8 Å². The standard InChI is InChI=1S/C21H28N4O3/c1-16-23-24-20(28-16)18-8-4-3-7-17(18)19(26)22-15-21(9-13-27-14-10-21)25-11-5-2-6-12-25/h3-4,7-8H,2,5-6,9-15H2,1H3,(H,22,26). The Kier molecular flexibility index (Phi) is 5.73. The highest BCUT2D eigenvalue weighted by molar-refractivity contribution is 5.99. The fourth-order valence-electron chi connectivity index (χ4n) is 4.34. The molecule has 2 aliphatic heterocycles. The van der Waals surface area contributed by atoms with Gasteiger partial charge in [-0.1, -0.05) is 18.6 Å². The van der Waals surface area contributed by atoms with Crippen molar-refractivity contribution in [1.29, 1.82) is 0 Å². The van der Waals surface area contributed by atoms with Crippen molar-refractivity contribution in [2.24, 2.45) is 0 Å². The van der Waals surface area contributed by atoms with Crippen LogP contribution in [0.2, 0.25) is 0 Å². The molecule has 7 nitrogen and oxygen atoms in total. The number of nitrogens with zero attached hydrogens (tertiary/aromatic N) is 3. The maximum Gasteiger partial charge on any atom is 0.252 e. The number of carbonyl (C=O) groups excluding carboxylic acids is 1. The summed E-state index contributed by atoms with van der Waals surface area (Å²) in [6.45, 7) is 6.09. The molecule has 2 aromatic rings. The van der Waals surface area contributed by atoms with Crippen LogP contribution in [0.25, 0.3) is 11.5 Å². The summed E-state index contributed by atoms with van der Waals surface area (Å²) in [5.41, 5.74) is 1.22. The van der Waals surface area contributed by atoms with Crippen molar-refractivity contribution in [3.8, 4) is 11.5 Å². The number of hydrogen-bond acceptors (Lipinski definition) is 6. The Morgan fingerprint density at radius 3 is 2.61 bits per heavy atom. The molecule has 1 aromatic heterocycles. The van der Waals surface area contributed by atoms with Crippen molar-refractivity contribution < 1.29 is 13.9 Å². The molecule has 0 radical (unpaired) electrons. The molecule has 2 aliphatic rings. The van der Waals surface area contributed by atoms with Gasteiger partial charge in [0, 0.05) is 32.2 Å². The van der Waals surface area contributed by atoms with E-state index in [0.717, 1.165) is 39.1 Å². The molecule has 2 saturated heterocycles. The van der Waals surface area contributed by atoms with Gasteiger partial charge < -0.3 is 14.5 Å². The Morgan fingerprint density at radius 2 is 1.89 bits per heavy atom. The molecule has 2 fully saturated rings. The van der Waals surface area contributed by atoms with Crippen LogP contribution in [0, 0.1) is 6.92 Å². The van der Waals surface area contributed by atoms with E-state index in [1.807, 2.05) is 24.3 Å². The third-order valence-electron chi connectivity index (χ3n) is 5.96. The Hall–Kier alpha value is -2.25. The van der Waals surface area contributed by atoms with E-state index in [0.29, 0.717) is 29.5 Å². The van der Waals surface area contributed by atoms with Crippen molar-refractivity contribution in [3.63, 3.8) is 0 Å². The second-order valence-corrected chi connectivity index (χ2v) is 7.74. The van der Waals surface area contributed by atoms with E-state index in [1.165, 1.54) is 19.3 Å². The first kappa shape index (κ1) is 19.1.